The third-order valence-electron chi connectivity index (χ3n) is 2.53. The molecular weight excluding hydrogens is 172 g/mol. The molecule has 0 saturated heterocycles. The first-order valence-corrected chi connectivity index (χ1v) is 4.72. The van der Waals surface area contributed by atoms with Crippen molar-refractivity contribution in [3.8, 4) is 0 Å². The van der Waals surface area contributed by atoms with E-state index in [9.17, 15) is 0 Å². The Kier molecular flexibility index (Phi) is 1.53. The molecule has 0 amide bonds. The summed E-state index contributed by atoms with van der Waals surface area (Å²) in [5.74, 6) is 0. The van der Waals surface area contributed by atoms with E-state index >= 15 is 0 Å². The van der Waals surface area contributed by atoms with Crippen LogP contribution in [0.3, 0.4) is 0 Å². The van der Waals surface area contributed by atoms with Gasteiger partial charge in [-0.1, -0.05) is 36.4 Å². The average Bonchev–Trinajstić information content (AvgIpc) is 2.85. The van der Waals surface area contributed by atoms with Gasteiger partial charge in [0.1, 0.15) is 0 Å². The summed E-state index contributed by atoms with van der Waals surface area (Å²) >= 11 is 0. The van der Waals surface area contributed by atoms with Crippen molar-refractivity contribution in [2.24, 2.45) is 0 Å². The molecule has 3 rings (SSSR count). The van der Waals surface area contributed by atoms with Gasteiger partial charge in [0.2, 0.25) is 0 Å². The van der Waals surface area contributed by atoms with Gasteiger partial charge in [0.25, 0.3) is 0 Å². The van der Waals surface area contributed by atoms with Crippen LogP contribution in [-0.4, -0.2) is 9.55 Å². The summed E-state index contributed by atoms with van der Waals surface area (Å²) in [6, 6.07) is 8.53. The smallest absolute Gasteiger partial charge is 0.0966 e. The number of nitrogens with zero attached hydrogens (tertiary/aromatic N) is 2. The molecule has 0 unspecified atom stereocenters. The fourth-order valence-corrected chi connectivity index (χ4v) is 1.82. The molecule has 1 aromatic carbocycles. The molecule has 68 valence electrons. The number of benzene rings is 1. The number of rotatable bonds is 1. The molecule has 0 spiro atoms. The molecule has 0 radical (unpaired) electrons. The van der Waals surface area contributed by atoms with Gasteiger partial charge in [-0.2, -0.15) is 0 Å². The van der Waals surface area contributed by atoms with Crippen LogP contribution in [0.1, 0.15) is 6.04 Å². The topological polar surface area (TPSA) is 17.8 Å². The highest BCUT2D eigenvalue weighted by molar-refractivity contribution is 5.75. The molecule has 1 aliphatic rings. The van der Waals surface area contributed by atoms with Gasteiger partial charge < -0.3 is 4.57 Å². The van der Waals surface area contributed by atoms with Gasteiger partial charge in [0, 0.05) is 0 Å². The van der Waals surface area contributed by atoms with Gasteiger partial charge in [-0.05, 0) is 12.1 Å². The van der Waals surface area contributed by atoms with Gasteiger partial charge in [-0.3, -0.25) is 0 Å². The van der Waals surface area contributed by atoms with Crippen LogP contribution in [0.4, 0.5) is 0 Å². The maximum atomic E-state index is 4.36. The van der Waals surface area contributed by atoms with Crippen LogP contribution >= 0.6 is 0 Å². The van der Waals surface area contributed by atoms with E-state index in [2.05, 4.69) is 39.9 Å². The number of hydrogen-bond acceptors (Lipinski definition) is 1. The van der Waals surface area contributed by atoms with Gasteiger partial charge in [-0.15, -0.1) is 0 Å². The monoisotopic (exact) mass is 182 g/mol. The molecule has 2 nitrogen and oxygen atoms in total. The highest BCUT2D eigenvalue weighted by Crippen LogP contribution is 2.21. The molecule has 0 bridgehead atoms. The first kappa shape index (κ1) is 7.56. The van der Waals surface area contributed by atoms with E-state index in [1.165, 1.54) is 5.52 Å². The fourth-order valence-electron chi connectivity index (χ4n) is 1.82. The Bertz CT molecular complexity index is 508. The molecule has 1 aliphatic carbocycles. The van der Waals surface area contributed by atoms with Gasteiger partial charge in [0.15, 0.2) is 0 Å². The molecule has 0 fully saturated rings. The summed E-state index contributed by atoms with van der Waals surface area (Å²) in [4.78, 5) is 4.36. The summed E-state index contributed by atoms with van der Waals surface area (Å²) in [7, 11) is 0. The Morgan fingerprint density at radius 1 is 1.07 bits per heavy atom. The van der Waals surface area contributed by atoms with Crippen molar-refractivity contribution in [3.63, 3.8) is 0 Å². The Balaban J connectivity index is 2.21. The number of aromatic nitrogens is 2. The maximum Gasteiger partial charge on any atom is 0.0966 e. The Morgan fingerprint density at radius 2 is 1.86 bits per heavy atom. The van der Waals surface area contributed by atoms with Gasteiger partial charge in [-0.25, -0.2) is 4.98 Å². The second-order valence-electron chi connectivity index (χ2n) is 3.40. The molecule has 0 aliphatic heterocycles. The number of imidazole rings is 1. The number of para-hydroxylation sites is 2. The standard InChI is InChI=1S/C12H10N2/c1-2-6-10(5-1)14-9-13-11-7-3-4-8-12(11)14/h1-10H. The third-order valence-corrected chi connectivity index (χ3v) is 2.53. The summed E-state index contributed by atoms with van der Waals surface area (Å²) in [5.41, 5.74) is 2.25. The van der Waals surface area contributed by atoms with Crippen LogP contribution in [-0.2, 0) is 0 Å². The lowest BCUT2D eigenvalue weighted by atomic mass is 10.3. The van der Waals surface area contributed by atoms with E-state index in [0.717, 1.165) is 5.52 Å². The van der Waals surface area contributed by atoms with Gasteiger partial charge >= 0.3 is 0 Å². The van der Waals surface area contributed by atoms with Crippen molar-refractivity contribution < 1.29 is 0 Å². The van der Waals surface area contributed by atoms with E-state index in [4.69, 9.17) is 0 Å². The summed E-state index contributed by atoms with van der Waals surface area (Å²) in [5, 5.41) is 0. The maximum absolute atomic E-state index is 4.36. The van der Waals surface area contributed by atoms with Crippen LogP contribution in [0.25, 0.3) is 11.0 Å². The first-order valence-electron chi connectivity index (χ1n) is 4.72. The predicted molar refractivity (Wildman–Crippen MR) is 57.1 cm³/mol. The minimum absolute atomic E-state index is 0.336. The van der Waals surface area contributed by atoms with Crippen molar-refractivity contribution in [2.75, 3.05) is 0 Å². The molecule has 2 aromatic rings. The van der Waals surface area contributed by atoms with Crippen LogP contribution in [0.5, 0.6) is 0 Å². The first-order chi connectivity index (χ1) is 6.95. The lowest BCUT2D eigenvalue weighted by Crippen LogP contribution is -1.99. The van der Waals surface area contributed by atoms with Crippen molar-refractivity contribution in [2.45, 2.75) is 6.04 Å². The highest BCUT2D eigenvalue weighted by atomic mass is 15.1. The number of fused-ring (bicyclic) bond motifs is 1. The zero-order valence-corrected chi connectivity index (χ0v) is 7.67. The normalized spacial score (nSPS) is 15.7. The molecular formula is C12H10N2. The van der Waals surface area contributed by atoms with Gasteiger partial charge in [0.05, 0.1) is 23.4 Å². The minimum Gasteiger partial charge on any atom is -0.320 e. The number of hydrogen-bond donors (Lipinski definition) is 0. The van der Waals surface area contributed by atoms with E-state index in [0.29, 0.717) is 6.04 Å². The lowest BCUT2D eigenvalue weighted by molar-refractivity contribution is 0.753. The molecule has 14 heavy (non-hydrogen) atoms. The zero-order chi connectivity index (χ0) is 9.38. The second kappa shape index (κ2) is 2.84. The Morgan fingerprint density at radius 3 is 2.71 bits per heavy atom. The van der Waals surface area contributed by atoms with E-state index in [-0.39, 0.29) is 0 Å². The largest absolute Gasteiger partial charge is 0.320 e. The predicted octanol–water partition coefficient (Wildman–Crippen LogP) is 2.70. The van der Waals surface area contributed by atoms with Crippen molar-refractivity contribution in [3.05, 3.63) is 54.9 Å². The van der Waals surface area contributed by atoms with Crippen molar-refractivity contribution in [1.29, 1.82) is 0 Å². The zero-order valence-electron chi connectivity index (χ0n) is 7.67. The fraction of sp³-hybridized carbons (Fsp3) is 0.0833. The van der Waals surface area contributed by atoms with Crippen LogP contribution in [0.15, 0.2) is 54.9 Å². The Hall–Kier alpha value is -1.83. The molecule has 0 saturated carbocycles. The molecule has 1 aromatic heterocycles. The van der Waals surface area contributed by atoms with Crippen molar-refractivity contribution in [1.82, 2.24) is 9.55 Å². The Labute approximate surface area is 82.2 Å². The summed E-state index contributed by atoms with van der Waals surface area (Å²) in [6.07, 6.45) is 10.4. The van der Waals surface area contributed by atoms with E-state index in [1.54, 1.807) is 0 Å². The minimum atomic E-state index is 0.336. The second-order valence-corrected chi connectivity index (χ2v) is 3.40. The average molecular weight is 182 g/mol. The third kappa shape index (κ3) is 1.01. The van der Waals surface area contributed by atoms with E-state index in [1.807, 2.05) is 24.5 Å². The molecule has 1 heterocycles. The van der Waals surface area contributed by atoms with Crippen LogP contribution in [0.2, 0.25) is 0 Å². The lowest BCUT2D eigenvalue weighted by Gasteiger charge is -2.07. The van der Waals surface area contributed by atoms with E-state index < -0.39 is 0 Å². The van der Waals surface area contributed by atoms with Crippen LogP contribution < -0.4 is 0 Å². The van der Waals surface area contributed by atoms with Crippen molar-refractivity contribution >= 4 is 11.0 Å². The molecule has 0 atom stereocenters. The molecule has 2 heteroatoms. The quantitative estimate of drug-likeness (QED) is 0.663. The highest BCUT2D eigenvalue weighted by Gasteiger charge is 2.09. The number of allylic oxidation sites excluding steroid dienone is 4. The van der Waals surface area contributed by atoms with Crippen LogP contribution in [0, 0.1) is 0 Å². The summed E-state index contributed by atoms with van der Waals surface area (Å²) < 4.78 is 2.18. The summed E-state index contributed by atoms with van der Waals surface area (Å²) in [6.45, 7) is 0. The SMILES string of the molecule is C1=CC(n2cnc3ccccc32)C=C1. The molecule has 0 N–H and O–H groups in total.